The number of thioether (sulfide) groups is 2. The Morgan fingerprint density at radius 2 is 1.86 bits per heavy atom. The van der Waals surface area contributed by atoms with Crippen LogP contribution in [-0.4, -0.2) is 47.1 Å². The molecular formula is C21H23ClN2O2S2. The highest BCUT2D eigenvalue weighted by Gasteiger charge is 2.19. The molecule has 0 atom stereocenters. The summed E-state index contributed by atoms with van der Waals surface area (Å²) in [5, 5.41) is 3.66. The minimum Gasteiger partial charge on any atom is -0.337 e. The predicted octanol–water partition coefficient (Wildman–Crippen LogP) is 4.96. The van der Waals surface area contributed by atoms with Gasteiger partial charge in [0.2, 0.25) is 5.91 Å². The first kappa shape index (κ1) is 21.1. The Labute approximate surface area is 179 Å². The molecule has 3 rings (SSSR count). The number of nitrogens with zero attached hydrogens (tertiary/aromatic N) is 1. The summed E-state index contributed by atoms with van der Waals surface area (Å²) in [4.78, 5) is 27.8. The van der Waals surface area contributed by atoms with Crippen molar-refractivity contribution in [2.24, 2.45) is 0 Å². The minimum absolute atomic E-state index is 0.0308. The van der Waals surface area contributed by atoms with Gasteiger partial charge in [-0.15, -0.1) is 11.8 Å². The van der Waals surface area contributed by atoms with Crippen LogP contribution in [0, 0.1) is 6.92 Å². The molecule has 1 fully saturated rings. The number of hydrogen-bond acceptors (Lipinski definition) is 4. The quantitative estimate of drug-likeness (QED) is 0.653. The summed E-state index contributed by atoms with van der Waals surface area (Å²) in [6.45, 7) is 3.51. The summed E-state index contributed by atoms with van der Waals surface area (Å²) in [5.41, 5.74) is 2.34. The average Bonchev–Trinajstić information content (AvgIpc) is 2.71. The summed E-state index contributed by atoms with van der Waals surface area (Å²) in [7, 11) is 0. The van der Waals surface area contributed by atoms with E-state index < -0.39 is 0 Å². The highest BCUT2D eigenvalue weighted by Crippen LogP contribution is 2.22. The summed E-state index contributed by atoms with van der Waals surface area (Å²) in [5.74, 6) is 2.72. The smallest absolute Gasteiger partial charge is 0.253 e. The number of halogens is 1. The largest absolute Gasteiger partial charge is 0.337 e. The Kier molecular flexibility index (Phi) is 7.71. The van der Waals surface area contributed by atoms with Crippen LogP contribution in [0.2, 0.25) is 5.02 Å². The van der Waals surface area contributed by atoms with Crippen molar-refractivity contribution < 1.29 is 9.59 Å². The number of nitrogens with one attached hydrogen (secondary N) is 1. The van der Waals surface area contributed by atoms with E-state index in [1.165, 1.54) is 0 Å². The molecule has 0 aromatic heterocycles. The van der Waals surface area contributed by atoms with Crippen LogP contribution in [0.15, 0.2) is 47.4 Å². The highest BCUT2D eigenvalue weighted by atomic mass is 35.5. The second-order valence-electron chi connectivity index (χ2n) is 6.53. The van der Waals surface area contributed by atoms with Crippen LogP contribution < -0.4 is 5.32 Å². The zero-order chi connectivity index (χ0) is 19.9. The molecule has 0 aliphatic carbocycles. The number of carbonyl (C=O) groups excluding carboxylic acids is 2. The van der Waals surface area contributed by atoms with Gasteiger partial charge in [0.1, 0.15) is 0 Å². The van der Waals surface area contributed by atoms with Gasteiger partial charge >= 0.3 is 0 Å². The van der Waals surface area contributed by atoms with Crippen LogP contribution >= 0.6 is 35.1 Å². The van der Waals surface area contributed by atoms with Crippen LogP contribution in [-0.2, 0) is 4.79 Å². The van der Waals surface area contributed by atoms with E-state index in [9.17, 15) is 9.59 Å². The number of amides is 2. The van der Waals surface area contributed by atoms with Crippen molar-refractivity contribution in [1.29, 1.82) is 0 Å². The molecule has 1 aliphatic heterocycles. The molecule has 0 unspecified atom stereocenters. The van der Waals surface area contributed by atoms with Crippen LogP contribution in [0.3, 0.4) is 0 Å². The topological polar surface area (TPSA) is 49.4 Å². The Hall–Kier alpha value is -1.63. The van der Waals surface area contributed by atoms with Crippen LogP contribution in [0.25, 0.3) is 0 Å². The standard InChI is InChI=1S/C21H23ClN2O2S2/c1-15-14-16(21(26)24-9-12-27-13-10-24)2-7-19(15)23-20(25)8-11-28-18-5-3-17(22)4-6-18/h2-7,14H,8-13H2,1H3,(H,23,25). The third-order valence-corrected chi connectivity index (χ3v) is 6.67. The molecular weight excluding hydrogens is 412 g/mol. The Bertz CT molecular complexity index is 837. The number of hydrogen-bond donors (Lipinski definition) is 1. The molecule has 0 radical (unpaired) electrons. The van der Waals surface area contributed by atoms with E-state index in [1.807, 2.05) is 60.0 Å². The second-order valence-corrected chi connectivity index (χ2v) is 9.36. The predicted molar refractivity (Wildman–Crippen MR) is 120 cm³/mol. The molecule has 1 N–H and O–H groups in total. The third-order valence-electron chi connectivity index (χ3n) is 4.46. The van der Waals surface area contributed by atoms with Crippen molar-refractivity contribution in [3.8, 4) is 0 Å². The van der Waals surface area contributed by atoms with E-state index in [2.05, 4.69) is 5.32 Å². The lowest BCUT2D eigenvalue weighted by molar-refractivity contribution is -0.115. The first-order chi connectivity index (χ1) is 13.5. The van der Waals surface area contributed by atoms with Crippen LogP contribution in [0.1, 0.15) is 22.3 Å². The maximum Gasteiger partial charge on any atom is 0.253 e. The Morgan fingerprint density at radius 3 is 2.54 bits per heavy atom. The number of carbonyl (C=O) groups is 2. The van der Waals surface area contributed by atoms with Gasteiger partial charge in [-0.25, -0.2) is 0 Å². The van der Waals surface area contributed by atoms with Gasteiger partial charge in [0, 0.05) is 57.9 Å². The highest BCUT2D eigenvalue weighted by molar-refractivity contribution is 7.99. The Balaban J connectivity index is 1.51. The molecule has 148 valence electrons. The van der Waals surface area contributed by atoms with E-state index in [1.54, 1.807) is 17.8 Å². The Morgan fingerprint density at radius 1 is 1.14 bits per heavy atom. The van der Waals surface area contributed by atoms with Gasteiger partial charge < -0.3 is 10.2 Å². The van der Waals surface area contributed by atoms with Crippen molar-refractivity contribution in [2.75, 3.05) is 35.7 Å². The van der Waals surface area contributed by atoms with Crippen molar-refractivity contribution in [2.45, 2.75) is 18.2 Å². The minimum atomic E-state index is -0.0308. The van der Waals surface area contributed by atoms with Gasteiger partial charge in [0.15, 0.2) is 0 Å². The lowest BCUT2D eigenvalue weighted by Gasteiger charge is -2.26. The number of rotatable bonds is 6. The van der Waals surface area contributed by atoms with E-state index in [0.29, 0.717) is 22.8 Å². The van der Waals surface area contributed by atoms with Crippen molar-refractivity contribution >= 4 is 52.6 Å². The fourth-order valence-corrected chi connectivity index (χ4v) is 4.77. The fourth-order valence-electron chi connectivity index (χ4n) is 2.89. The van der Waals surface area contributed by atoms with E-state index >= 15 is 0 Å². The van der Waals surface area contributed by atoms with Gasteiger partial charge in [-0.05, 0) is 55.0 Å². The maximum absolute atomic E-state index is 12.6. The molecule has 4 nitrogen and oxygen atoms in total. The summed E-state index contributed by atoms with van der Waals surface area (Å²) < 4.78 is 0. The first-order valence-electron chi connectivity index (χ1n) is 9.19. The molecule has 0 spiro atoms. The molecule has 1 heterocycles. The first-order valence-corrected chi connectivity index (χ1v) is 11.7. The maximum atomic E-state index is 12.6. The monoisotopic (exact) mass is 434 g/mol. The van der Waals surface area contributed by atoms with Crippen molar-refractivity contribution in [3.05, 3.63) is 58.6 Å². The molecule has 1 aliphatic rings. The molecule has 0 saturated carbocycles. The molecule has 2 aromatic carbocycles. The van der Waals surface area contributed by atoms with Crippen molar-refractivity contribution in [3.63, 3.8) is 0 Å². The molecule has 2 amide bonds. The molecule has 2 aromatic rings. The van der Waals surface area contributed by atoms with Crippen molar-refractivity contribution in [1.82, 2.24) is 4.90 Å². The summed E-state index contributed by atoms with van der Waals surface area (Å²) in [6, 6.07) is 13.1. The fraction of sp³-hybridized carbons (Fsp3) is 0.333. The SMILES string of the molecule is Cc1cc(C(=O)N2CCSCC2)ccc1NC(=O)CCSc1ccc(Cl)cc1. The molecule has 1 saturated heterocycles. The van der Waals surface area contributed by atoms with Gasteiger partial charge in [-0.2, -0.15) is 11.8 Å². The van der Waals surface area contributed by atoms with Crippen LogP contribution in [0.5, 0.6) is 0 Å². The lowest BCUT2D eigenvalue weighted by atomic mass is 10.1. The zero-order valence-electron chi connectivity index (χ0n) is 15.7. The van der Waals surface area contributed by atoms with Crippen LogP contribution in [0.4, 0.5) is 5.69 Å². The van der Waals surface area contributed by atoms with E-state index in [-0.39, 0.29) is 11.8 Å². The van der Waals surface area contributed by atoms with E-state index in [0.717, 1.165) is 40.7 Å². The normalized spacial score (nSPS) is 14.0. The third kappa shape index (κ3) is 5.93. The summed E-state index contributed by atoms with van der Waals surface area (Å²) >= 11 is 9.38. The summed E-state index contributed by atoms with van der Waals surface area (Å²) in [6.07, 6.45) is 0.416. The molecule has 7 heteroatoms. The number of anilines is 1. The van der Waals surface area contributed by atoms with Gasteiger partial charge in [-0.1, -0.05) is 11.6 Å². The second kappa shape index (κ2) is 10.2. The van der Waals surface area contributed by atoms with Gasteiger partial charge in [0.25, 0.3) is 5.91 Å². The van der Waals surface area contributed by atoms with E-state index in [4.69, 9.17) is 11.6 Å². The zero-order valence-corrected chi connectivity index (χ0v) is 18.1. The molecule has 28 heavy (non-hydrogen) atoms. The molecule has 0 bridgehead atoms. The number of benzene rings is 2. The lowest BCUT2D eigenvalue weighted by Crippen LogP contribution is -2.37. The van der Waals surface area contributed by atoms with Gasteiger partial charge in [-0.3, -0.25) is 9.59 Å². The average molecular weight is 435 g/mol. The number of aryl methyl sites for hydroxylation is 1. The van der Waals surface area contributed by atoms with Gasteiger partial charge in [0.05, 0.1) is 0 Å².